The molecule has 1 heterocycles. The van der Waals surface area contributed by atoms with Gasteiger partial charge in [0.15, 0.2) is 0 Å². The third-order valence-electron chi connectivity index (χ3n) is 3.09. The zero-order valence-electron chi connectivity index (χ0n) is 11.3. The van der Waals surface area contributed by atoms with Crippen molar-refractivity contribution in [3.63, 3.8) is 0 Å². The number of nitrogens with one attached hydrogen (secondary N) is 1. The van der Waals surface area contributed by atoms with Crippen molar-refractivity contribution in [3.8, 4) is 0 Å². The second-order valence-electron chi connectivity index (χ2n) is 4.56. The second kappa shape index (κ2) is 6.03. The Balaban J connectivity index is 2.01. The SMILES string of the molecule is O=C(Nc1ccc(Br)cc1)c1cc2ccccc2oc1=NO. The minimum Gasteiger partial charge on any atom is -0.435 e. The number of amides is 1. The minimum absolute atomic E-state index is 0.131. The van der Waals surface area contributed by atoms with Crippen LogP contribution in [0.25, 0.3) is 11.0 Å². The molecule has 0 unspecified atom stereocenters. The Labute approximate surface area is 134 Å². The number of rotatable bonds is 2. The van der Waals surface area contributed by atoms with Gasteiger partial charge in [-0.25, -0.2) is 0 Å². The zero-order chi connectivity index (χ0) is 15.5. The lowest BCUT2D eigenvalue weighted by molar-refractivity contribution is 0.102. The van der Waals surface area contributed by atoms with Crippen molar-refractivity contribution in [2.24, 2.45) is 5.16 Å². The minimum atomic E-state index is -0.412. The van der Waals surface area contributed by atoms with E-state index in [4.69, 9.17) is 9.62 Å². The van der Waals surface area contributed by atoms with E-state index >= 15 is 0 Å². The lowest BCUT2D eigenvalue weighted by Crippen LogP contribution is -2.21. The summed E-state index contributed by atoms with van der Waals surface area (Å²) >= 11 is 3.33. The Morgan fingerprint density at radius 3 is 2.59 bits per heavy atom. The second-order valence-corrected chi connectivity index (χ2v) is 5.48. The number of para-hydroxylation sites is 1. The number of hydrogen-bond donors (Lipinski definition) is 2. The molecule has 6 heteroatoms. The first kappa shape index (κ1) is 14.3. The van der Waals surface area contributed by atoms with Crippen molar-refractivity contribution >= 4 is 38.5 Å². The van der Waals surface area contributed by atoms with Crippen molar-refractivity contribution in [1.82, 2.24) is 0 Å². The van der Waals surface area contributed by atoms with Crippen LogP contribution in [-0.2, 0) is 0 Å². The molecule has 5 nitrogen and oxygen atoms in total. The van der Waals surface area contributed by atoms with Crippen LogP contribution >= 0.6 is 15.9 Å². The smallest absolute Gasteiger partial charge is 0.268 e. The summed E-state index contributed by atoms with van der Waals surface area (Å²) < 4.78 is 6.35. The standard InChI is InChI=1S/C16H11BrN2O3/c17-11-5-7-12(8-6-11)18-15(20)13-9-10-3-1-2-4-14(10)22-16(13)19-21/h1-9,21H,(H,18,20). The Kier molecular flexibility index (Phi) is 3.93. The Morgan fingerprint density at radius 2 is 1.86 bits per heavy atom. The van der Waals surface area contributed by atoms with Crippen LogP contribution in [0.3, 0.4) is 0 Å². The molecule has 22 heavy (non-hydrogen) atoms. The van der Waals surface area contributed by atoms with Crippen LogP contribution in [0.1, 0.15) is 10.4 Å². The first-order valence-electron chi connectivity index (χ1n) is 6.45. The molecule has 0 bridgehead atoms. The van der Waals surface area contributed by atoms with E-state index in [2.05, 4.69) is 26.4 Å². The van der Waals surface area contributed by atoms with Crippen molar-refractivity contribution in [1.29, 1.82) is 0 Å². The molecule has 0 fully saturated rings. The van der Waals surface area contributed by atoms with Crippen LogP contribution in [0.4, 0.5) is 5.69 Å². The molecule has 0 saturated heterocycles. The molecule has 2 aromatic carbocycles. The van der Waals surface area contributed by atoms with Crippen molar-refractivity contribution < 1.29 is 14.4 Å². The van der Waals surface area contributed by atoms with E-state index in [0.717, 1.165) is 9.86 Å². The molecular formula is C16H11BrN2O3. The van der Waals surface area contributed by atoms with Gasteiger partial charge >= 0.3 is 0 Å². The number of hydrogen-bond acceptors (Lipinski definition) is 4. The van der Waals surface area contributed by atoms with Gasteiger partial charge in [0.05, 0.1) is 0 Å². The predicted octanol–water partition coefficient (Wildman–Crippen LogP) is 3.74. The van der Waals surface area contributed by atoms with Crippen LogP contribution in [0, 0.1) is 0 Å². The summed E-state index contributed by atoms with van der Waals surface area (Å²) in [4.78, 5) is 12.4. The number of carbonyl (C=O) groups excluding carboxylic acids is 1. The number of anilines is 1. The normalized spacial score (nSPS) is 11.6. The van der Waals surface area contributed by atoms with E-state index in [1.807, 2.05) is 24.3 Å². The summed E-state index contributed by atoms with van der Waals surface area (Å²) in [5.74, 6) is -0.412. The predicted molar refractivity (Wildman–Crippen MR) is 85.7 cm³/mol. The Morgan fingerprint density at radius 1 is 1.14 bits per heavy atom. The summed E-state index contributed by atoms with van der Waals surface area (Å²) in [5.41, 5.74) is 1.19. The van der Waals surface area contributed by atoms with Crippen molar-refractivity contribution in [2.75, 3.05) is 5.32 Å². The molecule has 110 valence electrons. The fourth-order valence-electron chi connectivity index (χ4n) is 2.04. The number of benzene rings is 2. The highest BCUT2D eigenvalue weighted by Crippen LogP contribution is 2.16. The maximum Gasteiger partial charge on any atom is 0.268 e. The van der Waals surface area contributed by atoms with Gasteiger partial charge in [-0.3, -0.25) is 4.79 Å². The highest BCUT2D eigenvalue weighted by atomic mass is 79.9. The van der Waals surface area contributed by atoms with Gasteiger partial charge in [0.1, 0.15) is 11.1 Å². The molecule has 3 rings (SSSR count). The van der Waals surface area contributed by atoms with E-state index in [-0.39, 0.29) is 11.1 Å². The Bertz CT molecular complexity index is 901. The lowest BCUT2D eigenvalue weighted by atomic mass is 10.1. The lowest BCUT2D eigenvalue weighted by Gasteiger charge is -2.06. The van der Waals surface area contributed by atoms with Gasteiger partial charge in [-0.1, -0.05) is 34.1 Å². The van der Waals surface area contributed by atoms with Gasteiger partial charge in [0.2, 0.25) is 0 Å². The summed E-state index contributed by atoms with van der Waals surface area (Å²) in [6, 6.07) is 16.0. The molecule has 3 aromatic rings. The van der Waals surface area contributed by atoms with E-state index in [0.29, 0.717) is 11.3 Å². The summed E-state index contributed by atoms with van der Waals surface area (Å²) in [6.07, 6.45) is 0. The first-order valence-corrected chi connectivity index (χ1v) is 7.24. The largest absolute Gasteiger partial charge is 0.435 e. The van der Waals surface area contributed by atoms with Gasteiger partial charge in [-0.05, 0) is 41.6 Å². The average molecular weight is 359 g/mol. The molecule has 0 radical (unpaired) electrons. The average Bonchev–Trinajstić information content (AvgIpc) is 2.55. The van der Waals surface area contributed by atoms with E-state index in [9.17, 15) is 4.79 Å². The number of halogens is 1. The fourth-order valence-corrected chi connectivity index (χ4v) is 2.30. The molecule has 0 atom stereocenters. The van der Waals surface area contributed by atoms with E-state index in [1.165, 1.54) is 0 Å². The third-order valence-corrected chi connectivity index (χ3v) is 3.62. The first-order chi connectivity index (χ1) is 10.7. The topological polar surface area (TPSA) is 74.8 Å². The summed E-state index contributed by atoms with van der Waals surface area (Å²) in [7, 11) is 0. The van der Waals surface area contributed by atoms with Gasteiger partial charge in [-0.15, -0.1) is 0 Å². The van der Waals surface area contributed by atoms with Crippen molar-refractivity contribution in [2.45, 2.75) is 0 Å². The van der Waals surface area contributed by atoms with Crippen LogP contribution in [0.2, 0.25) is 0 Å². The molecule has 1 aromatic heterocycles. The van der Waals surface area contributed by atoms with E-state index < -0.39 is 5.91 Å². The van der Waals surface area contributed by atoms with Gasteiger partial charge < -0.3 is 14.9 Å². The third kappa shape index (κ3) is 2.87. The number of fused-ring (bicyclic) bond motifs is 1. The van der Waals surface area contributed by atoms with Crippen LogP contribution < -0.4 is 10.9 Å². The molecule has 0 spiro atoms. The fraction of sp³-hybridized carbons (Fsp3) is 0. The number of nitrogens with zero attached hydrogens (tertiary/aromatic N) is 1. The maximum absolute atomic E-state index is 12.4. The molecule has 0 aliphatic heterocycles. The van der Waals surface area contributed by atoms with Crippen LogP contribution in [0.15, 0.2) is 68.6 Å². The van der Waals surface area contributed by atoms with Crippen LogP contribution in [-0.4, -0.2) is 11.1 Å². The molecule has 2 N–H and O–H groups in total. The molecule has 0 aliphatic rings. The maximum atomic E-state index is 12.4. The summed E-state index contributed by atoms with van der Waals surface area (Å²) in [5, 5.41) is 15.6. The summed E-state index contributed by atoms with van der Waals surface area (Å²) in [6.45, 7) is 0. The molecule has 0 saturated carbocycles. The van der Waals surface area contributed by atoms with Gasteiger partial charge in [-0.2, -0.15) is 0 Å². The highest BCUT2D eigenvalue weighted by Gasteiger charge is 2.13. The van der Waals surface area contributed by atoms with E-state index in [1.54, 1.807) is 30.3 Å². The zero-order valence-corrected chi connectivity index (χ0v) is 12.9. The monoisotopic (exact) mass is 358 g/mol. The molecule has 1 amide bonds. The molecule has 0 aliphatic carbocycles. The van der Waals surface area contributed by atoms with Crippen LogP contribution in [0.5, 0.6) is 0 Å². The number of carbonyl (C=O) groups is 1. The van der Waals surface area contributed by atoms with Crippen molar-refractivity contribution in [3.05, 3.63) is 70.2 Å². The Hall–Kier alpha value is -2.60. The quantitative estimate of drug-likeness (QED) is 0.541. The molecular weight excluding hydrogens is 348 g/mol. The van der Waals surface area contributed by atoms with Gasteiger partial charge in [0.25, 0.3) is 11.5 Å². The van der Waals surface area contributed by atoms with Gasteiger partial charge in [0, 0.05) is 15.5 Å². The highest BCUT2D eigenvalue weighted by molar-refractivity contribution is 9.10.